The highest BCUT2D eigenvalue weighted by Gasteiger charge is 2.44. The number of carbonyl (C=O) groups is 1. The molecule has 1 aliphatic carbocycles. The van der Waals surface area contributed by atoms with E-state index in [-0.39, 0.29) is 23.2 Å². The number of hydrogen-bond donors (Lipinski definition) is 2. The largest absolute Gasteiger partial charge is 0.378 e. The first kappa shape index (κ1) is 14.5. The van der Waals surface area contributed by atoms with Crippen LogP contribution in [0.4, 0.5) is 4.39 Å². The number of rotatable bonds is 5. The van der Waals surface area contributed by atoms with Gasteiger partial charge in [0.1, 0.15) is 5.82 Å². The van der Waals surface area contributed by atoms with Gasteiger partial charge in [-0.2, -0.15) is 0 Å². The van der Waals surface area contributed by atoms with Gasteiger partial charge in [-0.05, 0) is 30.5 Å². The molecule has 0 spiro atoms. The van der Waals surface area contributed by atoms with Crippen LogP contribution in [0.2, 0.25) is 0 Å². The van der Waals surface area contributed by atoms with Gasteiger partial charge in [0.2, 0.25) is 5.91 Å². The molecule has 1 saturated carbocycles. The first-order valence-electron chi connectivity index (χ1n) is 7.52. The van der Waals surface area contributed by atoms with Crippen molar-refractivity contribution in [3.05, 3.63) is 35.6 Å². The number of benzene rings is 1. The molecule has 1 aliphatic heterocycles. The van der Waals surface area contributed by atoms with Gasteiger partial charge in [0.15, 0.2) is 0 Å². The van der Waals surface area contributed by atoms with Crippen LogP contribution in [-0.4, -0.2) is 38.3 Å². The molecule has 2 aliphatic rings. The Morgan fingerprint density at radius 1 is 1.48 bits per heavy atom. The Labute approximate surface area is 124 Å². The number of amides is 1. The van der Waals surface area contributed by atoms with E-state index >= 15 is 0 Å². The molecule has 0 aromatic heterocycles. The van der Waals surface area contributed by atoms with Gasteiger partial charge < -0.3 is 15.4 Å². The van der Waals surface area contributed by atoms with Crippen molar-refractivity contribution in [2.75, 3.05) is 26.3 Å². The lowest BCUT2D eigenvalue weighted by Gasteiger charge is -2.24. The molecule has 0 bridgehead atoms. The van der Waals surface area contributed by atoms with Crippen molar-refractivity contribution < 1.29 is 13.9 Å². The Morgan fingerprint density at radius 3 is 3.00 bits per heavy atom. The van der Waals surface area contributed by atoms with Gasteiger partial charge in [0.25, 0.3) is 0 Å². The molecule has 21 heavy (non-hydrogen) atoms. The minimum absolute atomic E-state index is 0.0284. The fraction of sp³-hybridized carbons (Fsp3) is 0.562. The van der Waals surface area contributed by atoms with E-state index < -0.39 is 0 Å². The Bertz CT molecular complexity index is 511. The van der Waals surface area contributed by atoms with E-state index in [2.05, 4.69) is 10.6 Å². The van der Waals surface area contributed by atoms with Crippen LogP contribution in [0.1, 0.15) is 24.8 Å². The predicted molar refractivity (Wildman–Crippen MR) is 77.5 cm³/mol. The maximum Gasteiger partial charge on any atom is 0.221 e. The predicted octanol–water partition coefficient (Wildman–Crippen LogP) is 1.35. The Balaban J connectivity index is 1.51. The molecule has 3 rings (SSSR count). The number of nitrogens with one attached hydrogen (secondary N) is 2. The van der Waals surface area contributed by atoms with Crippen LogP contribution < -0.4 is 10.6 Å². The van der Waals surface area contributed by atoms with Gasteiger partial charge in [-0.15, -0.1) is 0 Å². The zero-order chi connectivity index (χ0) is 14.7. The maximum atomic E-state index is 13.3. The summed E-state index contributed by atoms with van der Waals surface area (Å²) in [6.45, 7) is 2.68. The first-order valence-corrected chi connectivity index (χ1v) is 7.52. The standard InChI is InChI=1S/C16H21FN2O2/c17-13-3-1-2-12(8-13)16(4-5-16)11-19-15(20)9-14-10-21-7-6-18-14/h1-3,8,14,18H,4-7,9-11H2,(H,19,20). The lowest BCUT2D eigenvalue weighted by molar-refractivity contribution is -0.122. The zero-order valence-electron chi connectivity index (χ0n) is 12.0. The first-order chi connectivity index (χ1) is 10.2. The van der Waals surface area contributed by atoms with Crippen LogP contribution in [0.25, 0.3) is 0 Å². The van der Waals surface area contributed by atoms with E-state index in [1.807, 2.05) is 6.07 Å². The van der Waals surface area contributed by atoms with Crippen molar-refractivity contribution in [1.82, 2.24) is 10.6 Å². The van der Waals surface area contributed by atoms with Gasteiger partial charge in [-0.25, -0.2) is 4.39 Å². The highest BCUT2D eigenvalue weighted by molar-refractivity contribution is 5.76. The average molecular weight is 292 g/mol. The molecule has 1 heterocycles. The van der Waals surface area contributed by atoms with Gasteiger partial charge >= 0.3 is 0 Å². The Hall–Kier alpha value is -1.46. The zero-order valence-corrected chi connectivity index (χ0v) is 12.0. The third-order valence-electron chi connectivity index (χ3n) is 4.34. The van der Waals surface area contributed by atoms with E-state index in [1.165, 1.54) is 6.07 Å². The van der Waals surface area contributed by atoms with Crippen LogP contribution in [0, 0.1) is 5.82 Å². The number of carbonyl (C=O) groups excluding carboxylic acids is 1. The summed E-state index contributed by atoms with van der Waals surface area (Å²) in [4.78, 5) is 12.0. The maximum absolute atomic E-state index is 13.3. The summed E-state index contributed by atoms with van der Waals surface area (Å²) in [5, 5.41) is 6.26. The number of morpholine rings is 1. The SMILES string of the molecule is O=C(CC1COCCN1)NCC1(c2cccc(F)c2)CC1. The quantitative estimate of drug-likeness (QED) is 0.861. The molecule has 2 N–H and O–H groups in total. The topological polar surface area (TPSA) is 50.4 Å². The van der Waals surface area contributed by atoms with Crippen LogP contribution in [0.15, 0.2) is 24.3 Å². The molecule has 114 valence electrons. The van der Waals surface area contributed by atoms with Crippen molar-refractivity contribution in [2.24, 2.45) is 0 Å². The lowest BCUT2D eigenvalue weighted by atomic mass is 9.95. The van der Waals surface area contributed by atoms with Crippen molar-refractivity contribution in [3.63, 3.8) is 0 Å². The number of ether oxygens (including phenoxy) is 1. The van der Waals surface area contributed by atoms with Crippen molar-refractivity contribution in [1.29, 1.82) is 0 Å². The highest BCUT2D eigenvalue weighted by Crippen LogP contribution is 2.47. The second kappa shape index (κ2) is 6.12. The summed E-state index contributed by atoms with van der Waals surface area (Å²) in [5.41, 5.74) is 0.927. The molecule has 1 saturated heterocycles. The van der Waals surface area contributed by atoms with Crippen molar-refractivity contribution in [2.45, 2.75) is 30.7 Å². The Morgan fingerprint density at radius 2 is 2.33 bits per heavy atom. The average Bonchev–Trinajstić information content (AvgIpc) is 3.28. The molecule has 4 nitrogen and oxygen atoms in total. The summed E-state index contributed by atoms with van der Waals surface area (Å²) < 4.78 is 18.7. The fourth-order valence-electron chi connectivity index (χ4n) is 2.85. The van der Waals surface area contributed by atoms with Gasteiger partial charge in [-0.3, -0.25) is 4.79 Å². The van der Waals surface area contributed by atoms with Crippen LogP contribution in [-0.2, 0) is 14.9 Å². The molecular formula is C16H21FN2O2. The number of hydrogen-bond acceptors (Lipinski definition) is 3. The third kappa shape index (κ3) is 3.60. The molecule has 1 amide bonds. The van der Waals surface area contributed by atoms with Crippen LogP contribution in [0.5, 0.6) is 0 Å². The summed E-state index contributed by atoms with van der Waals surface area (Å²) >= 11 is 0. The van der Waals surface area contributed by atoms with E-state index in [4.69, 9.17) is 4.74 Å². The minimum Gasteiger partial charge on any atom is -0.378 e. The summed E-state index contributed by atoms with van der Waals surface area (Å²) in [6, 6.07) is 6.81. The number of halogens is 1. The van der Waals surface area contributed by atoms with Crippen LogP contribution >= 0.6 is 0 Å². The normalized spacial score (nSPS) is 23.6. The molecule has 2 fully saturated rings. The fourth-order valence-corrected chi connectivity index (χ4v) is 2.85. The van der Waals surface area contributed by atoms with E-state index in [0.29, 0.717) is 26.2 Å². The molecule has 1 atom stereocenters. The highest BCUT2D eigenvalue weighted by atomic mass is 19.1. The van der Waals surface area contributed by atoms with Crippen molar-refractivity contribution >= 4 is 5.91 Å². The van der Waals surface area contributed by atoms with Gasteiger partial charge in [0, 0.05) is 31.0 Å². The monoisotopic (exact) mass is 292 g/mol. The van der Waals surface area contributed by atoms with E-state index in [1.54, 1.807) is 12.1 Å². The van der Waals surface area contributed by atoms with Crippen molar-refractivity contribution in [3.8, 4) is 0 Å². The van der Waals surface area contributed by atoms with E-state index in [0.717, 1.165) is 24.9 Å². The molecule has 1 aromatic carbocycles. The molecule has 1 aromatic rings. The van der Waals surface area contributed by atoms with Gasteiger partial charge in [-0.1, -0.05) is 12.1 Å². The van der Waals surface area contributed by atoms with E-state index in [9.17, 15) is 9.18 Å². The smallest absolute Gasteiger partial charge is 0.221 e. The molecular weight excluding hydrogens is 271 g/mol. The Kier molecular flexibility index (Phi) is 4.22. The van der Waals surface area contributed by atoms with Crippen LogP contribution in [0.3, 0.4) is 0 Å². The second-order valence-electron chi connectivity index (χ2n) is 6.00. The second-order valence-corrected chi connectivity index (χ2v) is 6.00. The molecule has 1 unspecified atom stereocenters. The summed E-state index contributed by atoms with van der Waals surface area (Å²) in [7, 11) is 0. The summed E-state index contributed by atoms with van der Waals surface area (Å²) in [5.74, 6) is -0.186. The minimum atomic E-state index is -0.214. The molecule has 0 radical (unpaired) electrons. The third-order valence-corrected chi connectivity index (χ3v) is 4.34. The van der Waals surface area contributed by atoms with Gasteiger partial charge in [0.05, 0.1) is 13.2 Å². The molecule has 5 heteroatoms. The summed E-state index contributed by atoms with van der Waals surface area (Å²) in [6.07, 6.45) is 2.43. The lowest BCUT2D eigenvalue weighted by Crippen LogP contribution is -2.45.